The van der Waals surface area contributed by atoms with Crippen LogP contribution in [-0.2, 0) is 11.9 Å². The highest BCUT2D eigenvalue weighted by molar-refractivity contribution is 9.08. The van der Waals surface area contributed by atoms with E-state index < -0.39 is 5.82 Å². The molecule has 21 heavy (non-hydrogen) atoms. The molecule has 0 atom stereocenters. The predicted octanol–water partition coefficient (Wildman–Crippen LogP) is 5.62. The van der Waals surface area contributed by atoms with Crippen LogP contribution < -0.4 is 9.47 Å². The summed E-state index contributed by atoms with van der Waals surface area (Å²) in [6, 6.07) is 7.89. The number of rotatable bonds is 5. The largest absolute Gasteiger partial charge is 0.493 e. The van der Waals surface area contributed by atoms with Gasteiger partial charge in [-0.3, -0.25) is 0 Å². The maximum absolute atomic E-state index is 13.8. The molecule has 2 nitrogen and oxygen atoms in total. The molecule has 0 aromatic heterocycles. The molecule has 0 bridgehead atoms. The Morgan fingerprint density at radius 3 is 2.48 bits per heavy atom. The lowest BCUT2D eigenvalue weighted by atomic mass is 10.2. The van der Waals surface area contributed by atoms with Gasteiger partial charge in [0.1, 0.15) is 12.4 Å². The molecular weight excluding hydrogens is 382 g/mol. The summed E-state index contributed by atoms with van der Waals surface area (Å²) in [4.78, 5) is 0. The molecule has 0 spiro atoms. The molecule has 0 aliphatic carbocycles. The number of alkyl halides is 1. The standard InChI is InChI=1S/C15H12BrCl2FO2/c1-20-14-6-12(18)4-10(7-16)15(14)21-8-9-2-3-11(17)5-13(9)19/h2-6H,7-8H2,1H3. The van der Waals surface area contributed by atoms with Gasteiger partial charge in [-0.15, -0.1) is 0 Å². The minimum Gasteiger partial charge on any atom is -0.493 e. The zero-order valence-electron chi connectivity index (χ0n) is 11.1. The van der Waals surface area contributed by atoms with Crippen molar-refractivity contribution in [1.82, 2.24) is 0 Å². The van der Waals surface area contributed by atoms with Crippen LogP contribution in [0.2, 0.25) is 10.0 Å². The van der Waals surface area contributed by atoms with Gasteiger partial charge in [-0.1, -0.05) is 45.2 Å². The maximum atomic E-state index is 13.8. The highest BCUT2D eigenvalue weighted by Crippen LogP contribution is 2.36. The first kappa shape index (κ1) is 16.4. The van der Waals surface area contributed by atoms with Crippen LogP contribution in [0.15, 0.2) is 30.3 Å². The number of ether oxygens (including phenoxy) is 2. The van der Waals surface area contributed by atoms with Gasteiger partial charge in [0.2, 0.25) is 0 Å². The third-order valence-electron chi connectivity index (χ3n) is 2.85. The van der Waals surface area contributed by atoms with Gasteiger partial charge in [0.25, 0.3) is 0 Å². The molecule has 2 aromatic rings. The second-order valence-corrected chi connectivity index (χ2v) is 5.69. The van der Waals surface area contributed by atoms with Gasteiger partial charge in [0.05, 0.1) is 7.11 Å². The molecule has 2 rings (SSSR count). The van der Waals surface area contributed by atoms with Crippen molar-refractivity contribution in [3.63, 3.8) is 0 Å². The van der Waals surface area contributed by atoms with Gasteiger partial charge < -0.3 is 9.47 Å². The number of methoxy groups -OCH3 is 1. The maximum Gasteiger partial charge on any atom is 0.165 e. The predicted molar refractivity (Wildman–Crippen MR) is 86.4 cm³/mol. The monoisotopic (exact) mass is 392 g/mol. The topological polar surface area (TPSA) is 18.5 Å². The lowest BCUT2D eigenvalue weighted by Crippen LogP contribution is -2.02. The Kier molecular flexibility index (Phi) is 5.73. The molecular formula is C15H12BrCl2FO2. The zero-order chi connectivity index (χ0) is 15.4. The van der Waals surface area contributed by atoms with Crippen LogP contribution in [0.25, 0.3) is 0 Å². The van der Waals surface area contributed by atoms with Gasteiger partial charge in [-0.2, -0.15) is 0 Å². The number of benzene rings is 2. The molecule has 0 aliphatic rings. The molecule has 0 aliphatic heterocycles. The van der Waals surface area contributed by atoms with Gasteiger partial charge in [-0.25, -0.2) is 4.39 Å². The van der Waals surface area contributed by atoms with E-state index in [9.17, 15) is 4.39 Å². The first-order valence-corrected chi connectivity index (χ1v) is 7.92. The van der Waals surface area contributed by atoms with Crippen molar-refractivity contribution < 1.29 is 13.9 Å². The summed E-state index contributed by atoms with van der Waals surface area (Å²) in [5, 5.41) is 1.44. The van der Waals surface area contributed by atoms with Gasteiger partial charge >= 0.3 is 0 Å². The summed E-state index contributed by atoms with van der Waals surface area (Å²) < 4.78 is 24.7. The third kappa shape index (κ3) is 4.02. The Morgan fingerprint density at radius 1 is 1.10 bits per heavy atom. The van der Waals surface area contributed by atoms with Crippen molar-refractivity contribution in [2.75, 3.05) is 7.11 Å². The fraction of sp³-hybridized carbons (Fsp3) is 0.200. The number of hydrogen-bond acceptors (Lipinski definition) is 2. The molecule has 0 heterocycles. The molecule has 0 unspecified atom stereocenters. The van der Waals surface area contributed by atoms with Crippen molar-refractivity contribution in [1.29, 1.82) is 0 Å². The van der Waals surface area contributed by atoms with Crippen LogP contribution >= 0.6 is 39.1 Å². The van der Waals surface area contributed by atoms with E-state index in [2.05, 4.69) is 15.9 Å². The number of hydrogen-bond donors (Lipinski definition) is 0. The van der Waals surface area contributed by atoms with Crippen LogP contribution in [0.5, 0.6) is 11.5 Å². The smallest absolute Gasteiger partial charge is 0.165 e. The minimum atomic E-state index is -0.407. The molecule has 0 saturated carbocycles. The van der Waals surface area contributed by atoms with Crippen LogP contribution in [0.4, 0.5) is 4.39 Å². The Bertz CT molecular complexity index is 625. The van der Waals surface area contributed by atoms with E-state index in [1.54, 1.807) is 24.3 Å². The molecule has 0 amide bonds. The van der Waals surface area contributed by atoms with Crippen LogP contribution in [0.3, 0.4) is 0 Å². The van der Waals surface area contributed by atoms with Crippen molar-refractivity contribution in [2.24, 2.45) is 0 Å². The Hall–Kier alpha value is -0.970. The second kappa shape index (κ2) is 7.34. The Morgan fingerprint density at radius 2 is 1.86 bits per heavy atom. The van der Waals surface area contributed by atoms with Crippen LogP contribution in [0.1, 0.15) is 11.1 Å². The second-order valence-electron chi connectivity index (χ2n) is 4.25. The summed E-state index contributed by atoms with van der Waals surface area (Å²) in [6.07, 6.45) is 0. The molecule has 0 N–H and O–H groups in total. The van der Waals surface area contributed by atoms with E-state index in [0.29, 0.717) is 32.4 Å². The van der Waals surface area contributed by atoms with E-state index in [1.807, 2.05) is 0 Å². The zero-order valence-corrected chi connectivity index (χ0v) is 14.2. The third-order valence-corrected chi connectivity index (χ3v) is 3.90. The minimum absolute atomic E-state index is 0.0704. The van der Waals surface area contributed by atoms with Crippen LogP contribution in [0, 0.1) is 5.82 Å². The SMILES string of the molecule is COc1cc(Cl)cc(CBr)c1OCc1ccc(Cl)cc1F. The molecule has 6 heteroatoms. The van der Waals surface area contributed by atoms with Crippen LogP contribution in [-0.4, -0.2) is 7.11 Å². The van der Waals surface area contributed by atoms with E-state index in [0.717, 1.165) is 5.56 Å². The molecule has 0 radical (unpaired) electrons. The highest BCUT2D eigenvalue weighted by Gasteiger charge is 2.13. The quantitative estimate of drug-likeness (QED) is 0.614. The summed E-state index contributed by atoms with van der Waals surface area (Å²) in [5.74, 6) is 0.635. The Labute approximate surface area is 140 Å². The van der Waals surface area contributed by atoms with E-state index >= 15 is 0 Å². The van der Waals surface area contributed by atoms with Gasteiger partial charge in [0, 0.05) is 32.6 Å². The first-order valence-electron chi connectivity index (χ1n) is 6.04. The fourth-order valence-electron chi connectivity index (χ4n) is 1.83. The Balaban J connectivity index is 2.26. The average molecular weight is 394 g/mol. The lowest BCUT2D eigenvalue weighted by Gasteiger charge is -2.15. The average Bonchev–Trinajstić information content (AvgIpc) is 2.46. The van der Waals surface area contributed by atoms with Crippen molar-refractivity contribution in [2.45, 2.75) is 11.9 Å². The fourth-order valence-corrected chi connectivity index (χ4v) is 2.63. The normalized spacial score (nSPS) is 10.5. The molecule has 112 valence electrons. The molecule has 0 saturated heterocycles. The van der Waals surface area contributed by atoms with Crippen molar-refractivity contribution in [3.05, 3.63) is 57.3 Å². The molecule has 2 aromatic carbocycles. The van der Waals surface area contributed by atoms with E-state index in [4.69, 9.17) is 32.7 Å². The molecule has 0 fully saturated rings. The summed E-state index contributed by atoms with van der Waals surface area (Å²) in [7, 11) is 1.53. The van der Waals surface area contributed by atoms with Gasteiger partial charge in [0.15, 0.2) is 11.5 Å². The van der Waals surface area contributed by atoms with Crippen molar-refractivity contribution >= 4 is 39.1 Å². The van der Waals surface area contributed by atoms with Gasteiger partial charge in [-0.05, 0) is 18.2 Å². The first-order chi connectivity index (χ1) is 10.0. The van der Waals surface area contributed by atoms with E-state index in [1.165, 1.54) is 13.2 Å². The lowest BCUT2D eigenvalue weighted by molar-refractivity contribution is 0.277. The van der Waals surface area contributed by atoms with E-state index in [-0.39, 0.29) is 6.61 Å². The summed E-state index contributed by atoms with van der Waals surface area (Å²) >= 11 is 15.1. The van der Waals surface area contributed by atoms with Crippen molar-refractivity contribution in [3.8, 4) is 11.5 Å². The highest BCUT2D eigenvalue weighted by atomic mass is 79.9. The summed E-state index contributed by atoms with van der Waals surface area (Å²) in [5.41, 5.74) is 1.24. The number of halogens is 4. The summed E-state index contributed by atoms with van der Waals surface area (Å²) in [6.45, 7) is 0.0704.